The van der Waals surface area contributed by atoms with Gasteiger partial charge in [0.2, 0.25) is 0 Å². The maximum atomic E-state index is 13.2. The van der Waals surface area contributed by atoms with E-state index >= 15 is 0 Å². The van der Waals surface area contributed by atoms with Crippen LogP contribution in [0.2, 0.25) is 0 Å². The molecule has 0 aromatic heterocycles. The fraction of sp³-hybridized carbons (Fsp3) is 0.296. The van der Waals surface area contributed by atoms with Gasteiger partial charge in [0.1, 0.15) is 6.04 Å². The van der Waals surface area contributed by atoms with Crippen molar-refractivity contribution in [1.82, 2.24) is 4.90 Å². The number of hydrogen-bond donors (Lipinski definition) is 2. The molecule has 1 aliphatic carbocycles. The van der Waals surface area contributed by atoms with E-state index in [0.717, 1.165) is 27.8 Å². The lowest BCUT2D eigenvalue weighted by molar-refractivity contribution is -0.149. The predicted octanol–water partition coefficient (Wildman–Crippen LogP) is 3.18. The average Bonchev–Trinajstić information content (AvgIpc) is 3.32. The van der Waals surface area contributed by atoms with E-state index in [-0.39, 0.29) is 6.61 Å². The highest BCUT2D eigenvalue weighted by Gasteiger charge is 2.58. The molecule has 0 amide bonds. The number of aliphatic hydroxyl groups excluding tert-OH is 2. The van der Waals surface area contributed by atoms with Gasteiger partial charge in [-0.3, -0.25) is 9.69 Å². The van der Waals surface area contributed by atoms with E-state index < -0.39 is 29.6 Å². The number of methoxy groups -OCH3 is 1. The second-order valence-electron chi connectivity index (χ2n) is 8.53. The molecule has 5 heteroatoms. The lowest BCUT2D eigenvalue weighted by Crippen LogP contribution is -2.53. The first-order valence-corrected chi connectivity index (χ1v) is 11.0. The molecule has 3 aromatic carbocycles. The molecule has 3 atom stereocenters. The number of nitrogens with zero attached hydrogens (tertiary/aromatic N) is 1. The quantitative estimate of drug-likeness (QED) is 0.610. The number of benzene rings is 3. The van der Waals surface area contributed by atoms with Crippen LogP contribution in [0.15, 0.2) is 78.9 Å². The van der Waals surface area contributed by atoms with Crippen molar-refractivity contribution in [2.45, 2.75) is 24.1 Å². The summed E-state index contributed by atoms with van der Waals surface area (Å²) >= 11 is 0. The van der Waals surface area contributed by atoms with Crippen molar-refractivity contribution in [3.63, 3.8) is 0 Å². The van der Waals surface area contributed by atoms with E-state index in [2.05, 4.69) is 41.3 Å². The number of β-amino-alcohol motifs (C(OH)–C–C–N with tert-alkyl or cyclic N) is 1. The zero-order valence-electron chi connectivity index (χ0n) is 18.0. The number of aliphatic hydroxyl groups is 2. The Morgan fingerprint density at radius 1 is 0.969 bits per heavy atom. The van der Waals surface area contributed by atoms with Crippen LogP contribution >= 0.6 is 0 Å². The number of likely N-dealkylation sites (tertiary alicyclic amines) is 1. The van der Waals surface area contributed by atoms with Crippen LogP contribution in [0.3, 0.4) is 0 Å². The van der Waals surface area contributed by atoms with E-state index in [1.807, 2.05) is 42.5 Å². The first-order valence-electron chi connectivity index (χ1n) is 11.0. The molecular formula is C27H27NO4. The fourth-order valence-electron chi connectivity index (χ4n) is 5.84. The van der Waals surface area contributed by atoms with Gasteiger partial charge in [-0.25, -0.2) is 0 Å². The Morgan fingerprint density at radius 3 is 2.09 bits per heavy atom. The number of esters is 1. The van der Waals surface area contributed by atoms with Crippen molar-refractivity contribution in [2.24, 2.45) is 5.92 Å². The number of ether oxygens (including phenoxy) is 1. The molecular weight excluding hydrogens is 402 g/mol. The summed E-state index contributed by atoms with van der Waals surface area (Å²) in [6.07, 6.45) is -0.433. The van der Waals surface area contributed by atoms with Gasteiger partial charge < -0.3 is 14.9 Å². The van der Waals surface area contributed by atoms with Crippen LogP contribution in [0.4, 0.5) is 0 Å². The molecule has 1 aliphatic heterocycles. The Morgan fingerprint density at radius 2 is 1.53 bits per heavy atom. The minimum Gasteiger partial charge on any atom is -0.468 e. The highest BCUT2D eigenvalue weighted by atomic mass is 16.5. The van der Waals surface area contributed by atoms with E-state index in [1.54, 1.807) is 0 Å². The molecule has 3 aromatic rings. The van der Waals surface area contributed by atoms with Gasteiger partial charge >= 0.3 is 5.97 Å². The lowest BCUT2D eigenvalue weighted by atomic mass is 9.78. The Hall–Kier alpha value is -2.99. The molecule has 1 heterocycles. The SMILES string of the molecule is COC(=O)[C@@H]1[C@@H](CCO)[C@@H](O)CN1C1(c2ccccc2)c2ccccc2-c2ccccc21. The van der Waals surface area contributed by atoms with Gasteiger partial charge in [0.15, 0.2) is 0 Å². The van der Waals surface area contributed by atoms with Crippen molar-refractivity contribution < 1.29 is 19.7 Å². The summed E-state index contributed by atoms with van der Waals surface area (Å²) < 4.78 is 5.23. The van der Waals surface area contributed by atoms with Gasteiger partial charge in [-0.2, -0.15) is 0 Å². The summed E-state index contributed by atoms with van der Waals surface area (Å²) in [6, 6.07) is 26.0. The Labute approximate surface area is 187 Å². The van der Waals surface area contributed by atoms with E-state index in [0.29, 0.717) is 13.0 Å². The number of carbonyl (C=O) groups excluding carboxylic acids is 1. The van der Waals surface area contributed by atoms with Crippen LogP contribution in [0, 0.1) is 5.92 Å². The number of fused-ring (bicyclic) bond motifs is 3. The minimum absolute atomic E-state index is 0.103. The first kappa shape index (κ1) is 20.9. The molecule has 1 fully saturated rings. The molecule has 2 N–H and O–H groups in total. The standard InChI is InChI=1S/C27H27NO4/c1-32-26(31)25-21(15-16-29)24(30)17-28(25)27(18-9-3-2-4-10-18)22-13-7-5-11-19(22)20-12-6-8-14-23(20)27/h2-14,21,24-25,29-30H,15-17H2,1H3/t21-,24-,25-/m0/s1. The normalized spacial score (nSPS) is 23.5. The smallest absolute Gasteiger partial charge is 0.323 e. The molecule has 0 unspecified atom stereocenters. The van der Waals surface area contributed by atoms with Crippen molar-refractivity contribution in [3.8, 4) is 11.1 Å². The largest absolute Gasteiger partial charge is 0.468 e. The molecule has 32 heavy (non-hydrogen) atoms. The molecule has 2 aliphatic rings. The zero-order valence-corrected chi connectivity index (χ0v) is 18.0. The molecule has 0 saturated carbocycles. The summed E-state index contributed by atoms with van der Waals surface area (Å²) in [5, 5.41) is 20.7. The van der Waals surface area contributed by atoms with Gasteiger partial charge in [0.25, 0.3) is 0 Å². The summed E-state index contributed by atoms with van der Waals surface area (Å²) in [4.78, 5) is 15.3. The third kappa shape index (κ3) is 2.85. The first-order chi connectivity index (χ1) is 15.6. The van der Waals surface area contributed by atoms with E-state index in [4.69, 9.17) is 4.74 Å². The van der Waals surface area contributed by atoms with Gasteiger partial charge in [0, 0.05) is 19.1 Å². The molecule has 5 nitrogen and oxygen atoms in total. The summed E-state index contributed by atoms with van der Waals surface area (Å²) in [5.74, 6) is -0.815. The Kier molecular flexibility index (Phi) is 5.33. The molecule has 0 spiro atoms. The number of rotatable bonds is 5. The monoisotopic (exact) mass is 429 g/mol. The van der Waals surface area contributed by atoms with Crippen LogP contribution in [-0.4, -0.2) is 53.5 Å². The van der Waals surface area contributed by atoms with E-state index in [9.17, 15) is 15.0 Å². The third-order valence-electron chi connectivity index (χ3n) is 7.07. The Balaban J connectivity index is 1.84. The zero-order chi connectivity index (χ0) is 22.3. The third-order valence-corrected chi connectivity index (χ3v) is 7.07. The van der Waals surface area contributed by atoms with Crippen molar-refractivity contribution in [1.29, 1.82) is 0 Å². The molecule has 164 valence electrons. The molecule has 1 saturated heterocycles. The van der Waals surface area contributed by atoms with Crippen molar-refractivity contribution in [3.05, 3.63) is 95.6 Å². The van der Waals surface area contributed by atoms with Crippen molar-refractivity contribution >= 4 is 5.97 Å². The molecule has 0 bridgehead atoms. The predicted molar refractivity (Wildman–Crippen MR) is 122 cm³/mol. The van der Waals surface area contributed by atoms with Gasteiger partial charge in [-0.15, -0.1) is 0 Å². The van der Waals surface area contributed by atoms with Gasteiger partial charge in [0.05, 0.1) is 18.8 Å². The van der Waals surface area contributed by atoms with E-state index in [1.165, 1.54) is 7.11 Å². The highest BCUT2D eigenvalue weighted by molar-refractivity contribution is 5.84. The maximum Gasteiger partial charge on any atom is 0.323 e. The molecule has 0 radical (unpaired) electrons. The second-order valence-corrected chi connectivity index (χ2v) is 8.53. The van der Waals surface area contributed by atoms with Crippen LogP contribution < -0.4 is 0 Å². The molecule has 5 rings (SSSR count). The Bertz CT molecular complexity index is 1080. The second kappa shape index (κ2) is 8.17. The van der Waals surface area contributed by atoms with Gasteiger partial charge in [-0.1, -0.05) is 78.9 Å². The topological polar surface area (TPSA) is 70.0 Å². The summed E-state index contributed by atoms with van der Waals surface area (Å²) in [5.41, 5.74) is 4.67. The van der Waals surface area contributed by atoms with Crippen LogP contribution in [0.1, 0.15) is 23.1 Å². The van der Waals surface area contributed by atoms with Crippen LogP contribution in [0.25, 0.3) is 11.1 Å². The number of carbonyl (C=O) groups is 1. The van der Waals surface area contributed by atoms with Crippen molar-refractivity contribution in [2.75, 3.05) is 20.3 Å². The summed E-state index contributed by atoms with van der Waals surface area (Å²) in [6.45, 7) is 0.191. The minimum atomic E-state index is -0.765. The van der Waals surface area contributed by atoms with Gasteiger partial charge in [-0.05, 0) is 34.2 Å². The maximum absolute atomic E-state index is 13.2. The fourth-order valence-corrected chi connectivity index (χ4v) is 5.84. The van der Waals surface area contributed by atoms with Crippen LogP contribution in [0.5, 0.6) is 0 Å². The average molecular weight is 430 g/mol. The highest BCUT2D eigenvalue weighted by Crippen LogP contribution is 2.56. The summed E-state index contributed by atoms with van der Waals surface area (Å²) in [7, 11) is 1.38. The lowest BCUT2D eigenvalue weighted by Gasteiger charge is -2.44. The number of hydrogen-bond acceptors (Lipinski definition) is 5. The van der Waals surface area contributed by atoms with Crippen LogP contribution in [-0.2, 0) is 15.1 Å².